The Labute approximate surface area is 227 Å². The lowest BCUT2D eigenvalue weighted by Gasteiger charge is -2.26. The highest BCUT2D eigenvalue weighted by molar-refractivity contribution is 6.51. The van der Waals surface area contributed by atoms with Gasteiger partial charge in [0.25, 0.3) is 11.7 Å². The number of anilines is 1. The van der Waals surface area contributed by atoms with Crippen molar-refractivity contribution in [1.29, 1.82) is 0 Å². The molecule has 0 radical (unpaired) electrons. The van der Waals surface area contributed by atoms with Crippen LogP contribution in [0.15, 0.2) is 60.2 Å². The van der Waals surface area contributed by atoms with Crippen LogP contribution in [0.25, 0.3) is 5.76 Å². The Hall–Kier alpha value is -3.97. The van der Waals surface area contributed by atoms with Gasteiger partial charge in [0, 0.05) is 11.8 Å². The first-order valence-corrected chi connectivity index (χ1v) is 12.7. The minimum Gasteiger partial charge on any atom is -0.507 e. The van der Waals surface area contributed by atoms with Crippen LogP contribution in [0, 0.1) is 13.8 Å². The van der Waals surface area contributed by atoms with Crippen molar-refractivity contribution in [2.45, 2.75) is 33.7 Å². The third kappa shape index (κ3) is 4.94. The number of halogens is 1. The summed E-state index contributed by atoms with van der Waals surface area (Å²) in [6.45, 7) is 8.27. The van der Waals surface area contributed by atoms with Crippen molar-refractivity contribution >= 4 is 34.7 Å². The molecule has 1 aliphatic heterocycles. The van der Waals surface area contributed by atoms with Gasteiger partial charge in [-0.25, -0.2) is 0 Å². The third-order valence-corrected chi connectivity index (χ3v) is 6.54. The lowest BCUT2D eigenvalue weighted by atomic mass is 9.93. The van der Waals surface area contributed by atoms with E-state index in [1.807, 2.05) is 52.0 Å². The van der Waals surface area contributed by atoms with Gasteiger partial charge in [0.1, 0.15) is 11.5 Å². The molecule has 1 aliphatic rings. The minimum atomic E-state index is -0.911. The zero-order valence-electron chi connectivity index (χ0n) is 22.0. The van der Waals surface area contributed by atoms with Gasteiger partial charge in [0.15, 0.2) is 11.5 Å². The van der Waals surface area contributed by atoms with Crippen LogP contribution in [-0.4, -0.2) is 37.1 Å². The number of aliphatic hydroxyl groups is 1. The van der Waals surface area contributed by atoms with E-state index in [0.717, 1.165) is 11.1 Å². The maximum Gasteiger partial charge on any atom is 0.300 e. The largest absolute Gasteiger partial charge is 0.507 e. The predicted molar refractivity (Wildman–Crippen MR) is 147 cm³/mol. The summed E-state index contributed by atoms with van der Waals surface area (Å²) in [7, 11) is 1.43. The summed E-state index contributed by atoms with van der Waals surface area (Å²) in [4.78, 5) is 28.6. The van der Waals surface area contributed by atoms with E-state index < -0.39 is 17.7 Å². The molecule has 0 spiro atoms. The Morgan fingerprint density at radius 1 is 0.947 bits per heavy atom. The summed E-state index contributed by atoms with van der Waals surface area (Å²) >= 11 is 6.39. The highest BCUT2D eigenvalue weighted by atomic mass is 35.5. The first kappa shape index (κ1) is 27.1. The zero-order chi connectivity index (χ0) is 27.6. The number of ketones is 1. The molecule has 0 aliphatic carbocycles. The number of aliphatic hydroxyl groups excluding tert-OH is 1. The molecule has 1 amide bonds. The number of nitrogens with zero attached hydrogens (tertiary/aromatic N) is 1. The summed E-state index contributed by atoms with van der Waals surface area (Å²) in [5.74, 6) is -0.771. The molecule has 1 unspecified atom stereocenters. The van der Waals surface area contributed by atoms with Crippen molar-refractivity contribution in [3.8, 4) is 17.2 Å². The Kier molecular flexibility index (Phi) is 7.97. The Morgan fingerprint density at radius 3 is 2.32 bits per heavy atom. The molecule has 1 N–H and O–H groups in total. The monoisotopic (exact) mass is 535 g/mol. The van der Waals surface area contributed by atoms with Crippen LogP contribution in [0.5, 0.6) is 17.2 Å². The van der Waals surface area contributed by atoms with Gasteiger partial charge in [-0.3, -0.25) is 14.5 Å². The SMILES string of the molecule is CCOc1ccc(N2C(=O)C(=O)/C(=C(/O)c3cc(C)cc(Cl)c3OC)C2c2cccc(C)c2)cc1OCC. The van der Waals surface area contributed by atoms with Gasteiger partial charge in [-0.2, -0.15) is 0 Å². The summed E-state index contributed by atoms with van der Waals surface area (Å²) in [5.41, 5.74) is 2.95. The average Bonchev–Trinajstić information content (AvgIpc) is 3.15. The number of hydrogen-bond acceptors (Lipinski definition) is 6. The fraction of sp³-hybridized carbons (Fsp3) is 0.267. The van der Waals surface area contributed by atoms with Gasteiger partial charge in [-0.15, -0.1) is 0 Å². The summed E-state index contributed by atoms with van der Waals surface area (Å²) < 4.78 is 16.9. The molecule has 0 aromatic heterocycles. The van der Waals surface area contributed by atoms with E-state index in [2.05, 4.69) is 0 Å². The van der Waals surface area contributed by atoms with Gasteiger partial charge < -0.3 is 19.3 Å². The number of amides is 1. The second-order valence-electron chi connectivity index (χ2n) is 8.91. The highest BCUT2D eigenvalue weighted by Crippen LogP contribution is 2.46. The highest BCUT2D eigenvalue weighted by Gasteiger charge is 2.47. The topological polar surface area (TPSA) is 85.3 Å². The van der Waals surface area contributed by atoms with Crippen LogP contribution < -0.4 is 19.1 Å². The average molecular weight is 536 g/mol. The number of hydrogen-bond donors (Lipinski definition) is 1. The number of Topliss-reactive ketones (excluding diaryl/α,β-unsaturated/α-hetero) is 1. The van der Waals surface area contributed by atoms with Crippen LogP contribution in [0.4, 0.5) is 5.69 Å². The van der Waals surface area contributed by atoms with E-state index in [9.17, 15) is 14.7 Å². The van der Waals surface area contributed by atoms with Crippen LogP contribution in [-0.2, 0) is 9.59 Å². The molecule has 1 atom stereocenters. The summed E-state index contributed by atoms with van der Waals surface area (Å²) in [5, 5.41) is 11.9. The maximum atomic E-state index is 13.6. The molecule has 4 rings (SSSR count). The van der Waals surface area contributed by atoms with E-state index in [1.165, 1.54) is 12.0 Å². The third-order valence-electron chi connectivity index (χ3n) is 6.25. The number of rotatable bonds is 8. The van der Waals surface area contributed by atoms with Gasteiger partial charge >= 0.3 is 0 Å². The maximum absolute atomic E-state index is 13.6. The number of carbonyl (C=O) groups excluding carboxylic acids is 2. The van der Waals surface area contributed by atoms with Gasteiger partial charge in [0.05, 0.1) is 42.5 Å². The number of carbonyl (C=O) groups is 2. The molecule has 198 valence electrons. The van der Waals surface area contributed by atoms with Crippen molar-refractivity contribution in [2.24, 2.45) is 0 Å². The molecule has 7 nitrogen and oxygen atoms in total. The summed E-state index contributed by atoms with van der Waals surface area (Å²) in [6.07, 6.45) is 0. The number of aryl methyl sites for hydroxylation is 2. The smallest absolute Gasteiger partial charge is 0.300 e. The standard InChI is InChI=1S/C30H30ClNO6/c1-6-37-23-12-11-20(16-24(23)38-7-2)32-26(19-10-8-9-17(3)13-19)25(28(34)30(32)35)27(33)21-14-18(4)15-22(31)29(21)36-5/h8-16,26,33H,6-7H2,1-5H3/b27-25+. The lowest BCUT2D eigenvalue weighted by molar-refractivity contribution is -0.132. The van der Waals surface area contributed by atoms with Crippen LogP contribution >= 0.6 is 11.6 Å². The van der Waals surface area contributed by atoms with Gasteiger partial charge in [-0.05, 0) is 63.1 Å². The Bertz CT molecular complexity index is 1430. The van der Waals surface area contributed by atoms with Crippen molar-refractivity contribution in [3.05, 3.63) is 87.4 Å². The van der Waals surface area contributed by atoms with Crippen LogP contribution in [0.1, 0.15) is 42.1 Å². The Morgan fingerprint density at radius 2 is 1.66 bits per heavy atom. The molecule has 0 bridgehead atoms. The fourth-order valence-corrected chi connectivity index (χ4v) is 5.05. The first-order chi connectivity index (χ1) is 18.2. The summed E-state index contributed by atoms with van der Waals surface area (Å²) in [6, 6.07) is 15.0. The molecule has 3 aromatic carbocycles. The minimum absolute atomic E-state index is 0.0626. The quantitative estimate of drug-likeness (QED) is 0.204. The molecule has 1 heterocycles. The predicted octanol–water partition coefficient (Wildman–Crippen LogP) is 6.39. The van der Waals surface area contributed by atoms with Crippen molar-refractivity contribution in [3.63, 3.8) is 0 Å². The van der Waals surface area contributed by atoms with Crippen molar-refractivity contribution < 1.29 is 28.9 Å². The molecule has 38 heavy (non-hydrogen) atoms. The van der Waals surface area contributed by atoms with E-state index in [-0.39, 0.29) is 27.7 Å². The van der Waals surface area contributed by atoms with E-state index in [0.29, 0.717) is 36.0 Å². The van der Waals surface area contributed by atoms with Gasteiger partial charge in [0.2, 0.25) is 0 Å². The van der Waals surface area contributed by atoms with E-state index >= 15 is 0 Å². The normalized spacial score (nSPS) is 16.6. The second-order valence-corrected chi connectivity index (χ2v) is 9.32. The van der Waals surface area contributed by atoms with Crippen molar-refractivity contribution in [1.82, 2.24) is 0 Å². The number of methoxy groups -OCH3 is 1. The van der Waals surface area contributed by atoms with Gasteiger partial charge in [-0.1, -0.05) is 41.4 Å². The van der Waals surface area contributed by atoms with Crippen molar-refractivity contribution in [2.75, 3.05) is 25.2 Å². The van der Waals surface area contributed by atoms with Crippen LogP contribution in [0.3, 0.4) is 0 Å². The second kappa shape index (κ2) is 11.2. The molecule has 3 aromatic rings. The van der Waals surface area contributed by atoms with Crippen LogP contribution in [0.2, 0.25) is 5.02 Å². The molecule has 0 saturated carbocycles. The van der Waals surface area contributed by atoms with E-state index in [4.69, 9.17) is 25.8 Å². The number of benzene rings is 3. The molecule has 1 fully saturated rings. The Balaban J connectivity index is 1.99. The lowest BCUT2D eigenvalue weighted by Crippen LogP contribution is -2.29. The first-order valence-electron chi connectivity index (χ1n) is 12.3. The van der Waals surface area contributed by atoms with E-state index in [1.54, 1.807) is 30.3 Å². The zero-order valence-corrected chi connectivity index (χ0v) is 22.8. The molecule has 1 saturated heterocycles. The molecule has 8 heteroatoms. The fourth-order valence-electron chi connectivity index (χ4n) is 4.70. The number of ether oxygens (including phenoxy) is 3. The molecular formula is C30H30ClNO6. The molecular weight excluding hydrogens is 506 g/mol.